The number of carbonyl (C=O) groups excluding carboxylic acids is 1. The van der Waals surface area contributed by atoms with Crippen molar-refractivity contribution >= 4 is 11.6 Å². The molecular weight excluding hydrogens is 170 g/mol. The maximum Gasteiger partial charge on any atom is 0.347 e. The zero-order valence-corrected chi connectivity index (χ0v) is 7.50. The maximum atomic E-state index is 11.0. The molecule has 5 heteroatoms. The van der Waals surface area contributed by atoms with Crippen LogP contribution >= 0.6 is 0 Å². The van der Waals surface area contributed by atoms with Crippen molar-refractivity contribution in [1.29, 1.82) is 0 Å². The van der Waals surface area contributed by atoms with Crippen LogP contribution in [-0.2, 0) is 4.79 Å². The van der Waals surface area contributed by atoms with Crippen LogP contribution in [0.3, 0.4) is 0 Å². The Labute approximate surface area is 75.0 Å². The Bertz CT molecular complexity index is 383. The van der Waals surface area contributed by atoms with Gasteiger partial charge in [0.1, 0.15) is 11.6 Å². The van der Waals surface area contributed by atoms with Gasteiger partial charge in [-0.1, -0.05) is 0 Å². The minimum Gasteiger partial charge on any atom is -0.383 e. The van der Waals surface area contributed by atoms with Gasteiger partial charge < -0.3 is 10.7 Å². The summed E-state index contributed by atoms with van der Waals surface area (Å²) < 4.78 is 0. The van der Waals surface area contributed by atoms with E-state index in [-0.39, 0.29) is 17.5 Å². The van der Waals surface area contributed by atoms with E-state index in [0.717, 1.165) is 0 Å². The summed E-state index contributed by atoms with van der Waals surface area (Å²) >= 11 is 0. The molecule has 13 heavy (non-hydrogen) atoms. The van der Waals surface area contributed by atoms with E-state index in [1.54, 1.807) is 6.92 Å². The van der Waals surface area contributed by atoms with Crippen molar-refractivity contribution in [1.82, 2.24) is 9.97 Å². The molecule has 1 unspecified atom stereocenters. The number of Topliss-reactive ketones (excluding diaryl/α,β-unsaturated/α-hetero) is 1. The lowest BCUT2D eigenvalue weighted by Crippen LogP contribution is -2.18. The highest BCUT2D eigenvalue weighted by atomic mass is 16.1. The standard InChI is InChI=1S/C8H11N3O2/c1-4(5(2)12)6-3-7(9)11-8(13)10-6/h3-4H,1-2H3,(H3,9,10,11,13). The predicted molar refractivity (Wildman–Crippen MR) is 48.4 cm³/mol. The van der Waals surface area contributed by atoms with Gasteiger partial charge in [0.15, 0.2) is 0 Å². The molecule has 1 aromatic heterocycles. The number of ketones is 1. The van der Waals surface area contributed by atoms with Gasteiger partial charge in [-0.25, -0.2) is 4.79 Å². The number of nitrogen functional groups attached to an aromatic ring is 1. The van der Waals surface area contributed by atoms with Crippen LogP contribution in [0.2, 0.25) is 0 Å². The lowest BCUT2D eigenvalue weighted by Gasteiger charge is -2.06. The predicted octanol–water partition coefficient (Wildman–Crippen LogP) is 0.0446. The second-order valence-electron chi connectivity index (χ2n) is 2.90. The average molecular weight is 181 g/mol. The first-order valence-corrected chi connectivity index (χ1v) is 3.88. The van der Waals surface area contributed by atoms with Crippen molar-refractivity contribution in [3.63, 3.8) is 0 Å². The Morgan fingerprint density at radius 2 is 2.31 bits per heavy atom. The number of nitrogens with zero attached hydrogens (tertiary/aromatic N) is 1. The van der Waals surface area contributed by atoms with E-state index in [2.05, 4.69) is 9.97 Å². The average Bonchev–Trinajstić information content (AvgIpc) is 2.01. The third-order valence-corrected chi connectivity index (χ3v) is 1.86. The fraction of sp³-hybridized carbons (Fsp3) is 0.375. The van der Waals surface area contributed by atoms with Gasteiger partial charge in [0.2, 0.25) is 0 Å². The van der Waals surface area contributed by atoms with Gasteiger partial charge in [0.05, 0.1) is 5.92 Å². The summed E-state index contributed by atoms with van der Waals surface area (Å²) in [6.07, 6.45) is 0. The number of nitrogens with one attached hydrogen (secondary N) is 1. The van der Waals surface area contributed by atoms with Crippen LogP contribution in [0.4, 0.5) is 5.82 Å². The topological polar surface area (TPSA) is 88.8 Å². The van der Waals surface area contributed by atoms with Gasteiger partial charge in [0.25, 0.3) is 0 Å². The van der Waals surface area contributed by atoms with Crippen LogP contribution in [-0.4, -0.2) is 15.8 Å². The second kappa shape index (κ2) is 3.38. The van der Waals surface area contributed by atoms with E-state index in [4.69, 9.17) is 5.73 Å². The van der Waals surface area contributed by atoms with Crippen LogP contribution in [0.5, 0.6) is 0 Å². The van der Waals surface area contributed by atoms with E-state index in [9.17, 15) is 9.59 Å². The number of carbonyl (C=O) groups is 1. The largest absolute Gasteiger partial charge is 0.383 e. The molecule has 0 aliphatic heterocycles. The third-order valence-electron chi connectivity index (χ3n) is 1.86. The number of nitrogens with two attached hydrogens (primary N) is 1. The van der Waals surface area contributed by atoms with Crippen molar-refractivity contribution in [3.8, 4) is 0 Å². The van der Waals surface area contributed by atoms with Gasteiger partial charge >= 0.3 is 5.69 Å². The highest BCUT2D eigenvalue weighted by Crippen LogP contribution is 2.12. The molecule has 0 radical (unpaired) electrons. The first-order chi connectivity index (χ1) is 6.00. The van der Waals surface area contributed by atoms with Gasteiger partial charge in [-0.3, -0.25) is 4.79 Å². The van der Waals surface area contributed by atoms with Crippen LogP contribution in [0.1, 0.15) is 25.5 Å². The van der Waals surface area contributed by atoms with Gasteiger partial charge in [-0.15, -0.1) is 0 Å². The third kappa shape index (κ3) is 2.14. The number of aromatic nitrogens is 2. The number of H-pyrrole nitrogens is 1. The molecule has 5 nitrogen and oxygen atoms in total. The van der Waals surface area contributed by atoms with E-state index in [1.165, 1.54) is 13.0 Å². The summed E-state index contributed by atoms with van der Waals surface area (Å²) in [6, 6.07) is 1.49. The Hall–Kier alpha value is -1.65. The second-order valence-corrected chi connectivity index (χ2v) is 2.90. The highest BCUT2D eigenvalue weighted by Gasteiger charge is 2.12. The summed E-state index contributed by atoms with van der Waals surface area (Å²) in [5.41, 5.74) is 5.33. The molecule has 1 aromatic rings. The first-order valence-electron chi connectivity index (χ1n) is 3.88. The Kier molecular flexibility index (Phi) is 2.46. The smallest absolute Gasteiger partial charge is 0.347 e. The fourth-order valence-corrected chi connectivity index (χ4v) is 0.949. The molecule has 0 fully saturated rings. The molecule has 0 amide bonds. The summed E-state index contributed by atoms with van der Waals surface area (Å²) in [4.78, 5) is 27.8. The maximum absolute atomic E-state index is 11.0. The van der Waals surface area contributed by atoms with Crippen molar-refractivity contribution in [2.75, 3.05) is 5.73 Å². The molecule has 0 aliphatic carbocycles. The van der Waals surface area contributed by atoms with Crippen molar-refractivity contribution < 1.29 is 4.79 Å². The molecule has 1 atom stereocenters. The van der Waals surface area contributed by atoms with Crippen molar-refractivity contribution in [3.05, 3.63) is 22.2 Å². The molecule has 0 aromatic carbocycles. The van der Waals surface area contributed by atoms with Crippen molar-refractivity contribution in [2.45, 2.75) is 19.8 Å². The quantitative estimate of drug-likeness (QED) is 0.674. The van der Waals surface area contributed by atoms with E-state index in [0.29, 0.717) is 5.69 Å². The van der Waals surface area contributed by atoms with Crippen LogP contribution < -0.4 is 11.4 Å². The monoisotopic (exact) mass is 181 g/mol. The van der Waals surface area contributed by atoms with E-state index < -0.39 is 5.69 Å². The summed E-state index contributed by atoms with van der Waals surface area (Å²) in [7, 11) is 0. The fourth-order valence-electron chi connectivity index (χ4n) is 0.949. The zero-order chi connectivity index (χ0) is 10.0. The normalized spacial score (nSPS) is 12.5. The number of rotatable bonds is 2. The summed E-state index contributed by atoms with van der Waals surface area (Å²) in [5, 5.41) is 0. The molecule has 0 saturated carbocycles. The Morgan fingerprint density at radius 3 is 2.77 bits per heavy atom. The lowest BCUT2D eigenvalue weighted by molar-refractivity contribution is -0.118. The SMILES string of the molecule is CC(=O)C(C)c1cc(N)nc(=O)[nH]1. The van der Waals surface area contributed by atoms with Crippen LogP contribution in [0, 0.1) is 0 Å². The molecule has 0 spiro atoms. The minimum absolute atomic E-state index is 0.0266. The highest BCUT2D eigenvalue weighted by molar-refractivity contribution is 5.82. The number of hydrogen-bond donors (Lipinski definition) is 2. The molecule has 1 rings (SSSR count). The molecular formula is C8H11N3O2. The molecule has 70 valence electrons. The van der Waals surface area contributed by atoms with E-state index in [1.807, 2.05) is 0 Å². The molecule has 0 saturated heterocycles. The van der Waals surface area contributed by atoms with Crippen LogP contribution in [0.15, 0.2) is 10.9 Å². The summed E-state index contributed by atoms with van der Waals surface area (Å²) in [6.45, 7) is 3.16. The Balaban J connectivity index is 3.15. The van der Waals surface area contributed by atoms with Gasteiger partial charge in [-0.2, -0.15) is 4.98 Å². The minimum atomic E-state index is -0.525. The molecule has 3 N–H and O–H groups in total. The van der Waals surface area contributed by atoms with Crippen molar-refractivity contribution in [2.24, 2.45) is 0 Å². The lowest BCUT2D eigenvalue weighted by atomic mass is 10.0. The number of hydrogen-bond acceptors (Lipinski definition) is 4. The first kappa shape index (κ1) is 9.44. The van der Waals surface area contributed by atoms with E-state index >= 15 is 0 Å². The molecule has 0 aliphatic rings. The molecule has 1 heterocycles. The van der Waals surface area contributed by atoms with Gasteiger partial charge in [-0.05, 0) is 13.8 Å². The number of aromatic amines is 1. The van der Waals surface area contributed by atoms with Crippen LogP contribution in [0.25, 0.3) is 0 Å². The summed E-state index contributed by atoms with van der Waals surface area (Å²) in [5.74, 6) is -0.244. The zero-order valence-electron chi connectivity index (χ0n) is 7.50. The van der Waals surface area contributed by atoms with Gasteiger partial charge in [0, 0.05) is 11.8 Å². The number of anilines is 1. The Morgan fingerprint density at radius 1 is 1.69 bits per heavy atom. The molecule has 0 bridgehead atoms.